The number of hydrogen-bond acceptors (Lipinski definition) is 2. The fraction of sp³-hybridized carbons (Fsp3) is 0.0571. The molecule has 1 atom stereocenters. The maximum Gasteiger partial charge on any atom is 0.0725 e. The molecule has 1 spiro atoms. The summed E-state index contributed by atoms with van der Waals surface area (Å²) in [7, 11) is 0. The Morgan fingerprint density at radius 3 is 1.04 bits per heavy atom. The van der Waals surface area contributed by atoms with Gasteiger partial charge in [-0.25, -0.2) is 0 Å². The molecule has 0 amide bonds. The molecule has 72 heavy (non-hydrogen) atoms. The van der Waals surface area contributed by atoms with Crippen LogP contribution in [0.15, 0.2) is 267 Å². The molecule has 0 radical (unpaired) electrons. The van der Waals surface area contributed by atoms with Gasteiger partial charge in [-0.05, 0) is 162 Å². The normalized spacial score (nSPS) is 15.0. The van der Waals surface area contributed by atoms with E-state index >= 15 is 0 Å². The van der Waals surface area contributed by atoms with Crippen LogP contribution in [0.1, 0.15) is 47.2 Å². The summed E-state index contributed by atoms with van der Waals surface area (Å²) in [6, 6.07) is 98.9. The van der Waals surface area contributed by atoms with E-state index < -0.39 is 5.41 Å². The number of fused-ring (bicyclic) bond motifs is 13. The van der Waals surface area contributed by atoms with Crippen molar-refractivity contribution in [3.63, 3.8) is 0 Å². The van der Waals surface area contributed by atoms with Crippen molar-refractivity contribution in [2.24, 2.45) is 0 Å². The van der Waals surface area contributed by atoms with E-state index in [1.165, 1.54) is 89.0 Å². The monoisotopic (exact) mass is 918 g/mol. The molecule has 0 fully saturated rings. The maximum atomic E-state index is 2.46. The minimum Gasteiger partial charge on any atom is -0.310 e. The predicted molar refractivity (Wildman–Crippen MR) is 301 cm³/mol. The van der Waals surface area contributed by atoms with Gasteiger partial charge < -0.3 is 9.80 Å². The Bertz CT molecular complexity index is 3790. The minimum absolute atomic E-state index is 0.117. The maximum absolute atomic E-state index is 2.46. The van der Waals surface area contributed by atoms with Crippen LogP contribution < -0.4 is 9.80 Å². The van der Waals surface area contributed by atoms with Gasteiger partial charge >= 0.3 is 0 Å². The third-order valence-electron chi connectivity index (χ3n) is 15.9. The van der Waals surface area contributed by atoms with Crippen LogP contribution in [0.5, 0.6) is 0 Å². The molecule has 11 aromatic rings. The van der Waals surface area contributed by atoms with E-state index in [2.05, 4.69) is 291 Å². The number of nitrogens with zero attached hydrogens (tertiary/aromatic N) is 2. The summed E-state index contributed by atoms with van der Waals surface area (Å²) in [5.74, 6) is 0. The van der Waals surface area contributed by atoms with E-state index in [9.17, 15) is 0 Å². The first-order valence-electron chi connectivity index (χ1n) is 25.2. The van der Waals surface area contributed by atoms with Crippen molar-refractivity contribution in [3.8, 4) is 55.6 Å². The first-order valence-corrected chi connectivity index (χ1v) is 25.2. The lowest BCUT2D eigenvalue weighted by molar-refractivity contribution is 0.660. The Balaban J connectivity index is 0.921. The van der Waals surface area contributed by atoms with Gasteiger partial charge in [-0.3, -0.25) is 0 Å². The van der Waals surface area contributed by atoms with Gasteiger partial charge in [0, 0.05) is 39.5 Å². The zero-order chi connectivity index (χ0) is 48.0. The Morgan fingerprint density at radius 2 is 0.542 bits per heavy atom. The van der Waals surface area contributed by atoms with Crippen LogP contribution in [0.4, 0.5) is 34.1 Å². The van der Waals surface area contributed by atoms with E-state index in [1.54, 1.807) is 0 Å². The zero-order valence-corrected chi connectivity index (χ0v) is 40.3. The summed E-state index contributed by atoms with van der Waals surface area (Å²) in [4.78, 5) is 4.86. The first-order chi connectivity index (χ1) is 35.5. The second-order valence-electron chi connectivity index (χ2n) is 20.0. The third kappa shape index (κ3) is 6.28. The third-order valence-corrected chi connectivity index (χ3v) is 15.9. The molecule has 2 heteroatoms. The average molecular weight is 919 g/mol. The highest BCUT2D eigenvalue weighted by Gasteiger charge is 2.52. The Hall–Kier alpha value is -8.98. The van der Waals surface area contributed by atoms with Crippen LogP contribution in [-0.4, -0.2) is 0 Å². The minimum atomic E-state index is -0.505. The quantitative estimate of drug-likeness (QED) is 0.150. The number of rotatable bonds is 8. The molecule has 3 aliphatic carbocycles. The zero-order valence-electron chi connectivity index (χ0n) is 40.3. The number of anilines is 6. The highest BCUT2D eigenvalue weighted by Crippen LogP contribution is 2.64. The summed E-state index contributed by atoms with van der Waals surface area (Å²) >= 11 is 0. The molecule has 0 saturated carbocycles. The van der Waals surface area contributed by atoms with Crippen LogP contribution >= 0.6 is 0 Å². The molecule has 0 bridgehead atoms. The Kier molecular flexibility index (Phi) is 9.50. The molecular weight excluding hydrogens is 869 g/mol. The van der Waals surface area contributed by atoms with Crippen molar-refractivity contribution in [2.75, 3.05) is 9.80 Å². The second-order valence-corrected chi connectivity index (χ2v) is 20.0. The predicted octanol–water partition coefficient (Wildman–Crippen LogP) is 18.6. The summed E-state index contributed by atoms with van der Waals surface area (Å²) in [6.07, 6.45) is 0. The van der Waals surface area contributed by atoms with Crippen molar-refractivity contribution in [2.45, 2.75) is 24.7 Å². The van der Waals surface area contributed by atoms with Crippen LogP contribution in [0.3, 0.4) is 0 Å². The van der Waals surface area contributed by atoms with Crippen molar-refractivity contribution < 1.29 is 0 Å². The SMILES string of the molecule is CC1(C)c2ccccc2-c2ccc(N(c3ccccc3)c3ccc4c(c3)-c3ccccc3C43c4ccccc4-c4cc(N(c5ccc(-c6ccccc6)cc5)c5ccc(-c6ccccc6)cc5)ccc43)cc21. The molecular formula is C70H50N2. The second kappa shape index (κ2) is 16.3. The lowest BCUT2D eigenvalue weighted by Crippen LogP contribution is -2.26. The number of benzene rings is 11. The standard InChI is InChI=1S/C70H50N2/c1-69(2)63-27-15-12-24-57(63)60-41-38-56(46-68(60)69)72(51-22-10-5-11-23-51)55-40-43-67-62(45-55)59-26-14-17-29-65(59)70(67)64-28-16-13-25-58(64)61-44-54(39-42-66(61)70)71(52-34-30-49(31-35-52)47-18-6-3-7-19-47)53-36-32-50(33-37-53)48-20-8-4-9-21-48/h3-46H,1-2H3. The molecule has 14 rings (SSSR count). The molecule has 340 valence electrons. The van der Waals surface area contributed by atoms with Gasteiger partial charge in [-0.15, -0.1) is 0 Å². The van der Waals surface area contributed by atoms with Crippen molar-refractivity contribution in [3.05, 3.63) is 300 Å². The Morgan fingerprint density at radius 1 is 0.222 bits per heavy atom. The van der Waals surface area contributed by atoms with E-state index in [0.717, 1.165) is 34.1 Å². The number of para-hydroxylation sites is 1. The van der Waals surface area contributed by atoms with E-state index in [1.807, 2.05) is 0 Å². The van der Waals surface area contributed by atoms with Crippen molar-refractivity contribution in [1.82, 2.24) is 0 Å². The van der Waals surface area contributed by atoms with Crippen LogP contribution in [0, 0.1) is 0 Å². The molecule has 0 aliphatic heterocycles. The Labute approximate surface area is 422 Å². The van der Waals surface area contributed by atoms with E-state index in [-0.39, 0.29) is 5.41 Å². The van der Waals surface area contributed by atoms with Gasteiger partial charge in [0.15, 0.2) is 0 Å². The molecule has 11 aromatic carbocycles. The van der Waals surface area contributed by atoms with Crippen molar-refractivity contribution in [1.29, 1.82) is 0 Å². The van der Waals surface area contributed by atoms with Gasteiger partial charge in [-0.1, -0.05) is 208 Å². The molecule has 3 aliphatic rings. The summed E-state index contributed by atoms with van der Waals surface area (Å²) in [5, 5.41) is 0. The topological polar surface area (TPSA) is 6.48 Å². The van der Waals surface area contributed by atoms with Gasteiger partial charge in [0.2, 0.25) is 0 Å². The average Bonchev–Trinajstić information content (AvgIpc) is 4.00. The smallest absolute Gasteiger partial charge is 0.0725 e. The van der Waals surface area contributed by atoms with Crippen LogP contribution in [-0.2, 0) is 10.8 Å². The molecule has 0 heterocycles. The van der Waals surface area contributed by atoms with E-state index in [0.29, 0.717) is 0 Å². The fourth-order valence-corrected chi connectivity index (χ4v) is 12.6. The van der Waals surface area contributed by atoms with Crippen LogP contribution in [0.25, 0.3) is 55.6 Å². The molecule has 0 N–H and O–H groups in total. The highest BCUT2D eigenvalue weighted by atomic mass is 15.1. The molecule has 2 nitrogen and oxygen atoms in total. The summed E-state index contributed by atoms with van der Waals surface area (Å²) in [5.41, 5.74) is 26.7. The highest BCUT2D eigenvalue weighted by molar-refractivity contribution is 5.98. The fourth-order valence-electron chi connectivity index (χ4n) is 12.6. The molecule has 0 aromatic heterocycles. The summed E-state index contributed by atoms with van der Waals surface area (Å²) < 4.78 is 0. The van der Waals surface area contributed by atoms with E-state index in [4.69, 9.17) is 0 Å². The van der Waals surface area contributed by atoms with Gasteiger partial charge in [0.25, 0.3) is 0 Å². The molecule has 1 unspecified atom stereocenters. The van der Waals surface area contributed by atoms with Crippen LogP contribution in [0.2, 0.25) is 0 Å². The largest absolute Gasteiger partial charge is 0.310 e. The van der Waals surface area contributed by atoms with Gasteiger partial charge in [-0.2, -0.15) is 0 Å². The van der Waals surface area contributed by atoms with Gasteiger partial charge in [0.05, 0.1) is 5.41 Å². The number of hydrogen-bond donors (Lipinski definition) is 0. The molecule has 0 saturated heterocycles. The van der Waals surface area contributed by atoms with Crippen molar-refractivity contribution >= 4 is 34.1 Å². The first kappa shape index (κ1) is 41.9. The lowest BCUT2D eigenvalue weighted by atomic mass is 9.70. The summed E-state index contributed by atoms with van der Waals surface area (Å²) in [6.45, 7) is 4.73. The lowest BCUT2D eigenvalue weighted by Gasteiger charge is -2.32. The van der Waals surface area contributed by atoms with Gasteiger partial charge in [0.1, 0.15) is 0 Å².